The standard InChI is InChI=1S/C17H17N3O3S/c1-3-23-15(21)9-18-16(22)12-10-24-17(19-12)14-8-11-6-4-5-7-13(11)20(14)2/h4-8,10H,3,9H2,1-2H3,(H,18,22). The van der Waals surface area contributed by atoms with Gasteiger partial charge >= 0.3 is 5.97 Å². The van der Waals surface area contributed by atoms with E-state index in [0.29, 0.717) is 5.69 Å². The molecule has 0 saturated heterocycles. The van der Waals surface area contributed by atoms with Crippen molar-refractivity contribution in [3.05, 3.63) is 41.4 Å². The molecule has 0 aliphatic carbocycles. The maximum Gasteiger partial charge on any atom is 0.325 e. The van der Waals surface area contributed by atoms with Gasteiger partial charge in [0, 0.05) is 23.3 Å². The van der Waals surface area contributed by atoms with Crippen LogP contribution in [0.1, 0.15) is 17.4 Å². The van der Waals surface area contributed by atoms with Crippen molar-refractivity contribution in [2.75, 3.05) is 13.2 Å². The third-order valence-corrected chi connectivity index (χ3v) is 4.47. The zero-order valence-electron chi connectivity index (χ0n) is 13.4. The van der Waals surface area contributed by atoms with E-state index in [1.54, 1.807) is 12.3 Å². The number of carbonyl (C=O) groups is 2. The Labute approximate surface area is 143 Å². The van der Waals surface area contributed by atoms with Crippen LogP contribution in [0.15, 0.2) is 35.7 Å². The normalized spacial score (nSPS) is 10.8. The molecule has 0 fully saturated rings. The molecular formula is C17H17N3O3S. The van der Waals surface area contributed by atoms with Gasteiger partial charge in [-0.1, -0.05) is 18.2 Å². The molecule has 3 rings (SSSR count). The lowest BCUT2D eigenvalue weighted by molar-refractivity contribution is -0.141. The first-order chi connectivity index (χ1) is 11.6. The molecule has 6 nitrogen and oxygen atoms in total. The average molecular weight is 343 g/mol. The summed E-state index contributed by atoms with van der Waals surface area (Å²) in [5.74, 6) is -0.848. The van der Waals surface area contributed by atoms with Gasteiger partial charge < -0.3 is 14.6 Å². The molecule has 24 heavy (non-hydrogen) atoms. The summed E-state index contributed by atoms with van der Waals surface area (Å²) in [5.41, 5.74) is 2.35. The third kappa shape index (κ3) is 3.16. The van der Waals surface area contributed by atoms with Crippen LogP contribution in [0.4, 0.5) is 0 Å². The van der Waals surface area contributed by atoms with Crippen molar-refractivity contribution in [2.45, 2.75) is 6.92 Å². The van der Waals surface area contributed by atoms with Gasteiger partial charge in [0.05, 0.1) is 12.3 Å². The van der Waals surface area contributed by atoms with E-state index in [4.69, 9.17) is 4.74 Å². The van der Waals surface area contributed by atoms with E-state index in [-0.39, 0.29) is 19.1 Å². The number of rotatable bonds is 5. The molecule has 1 aromatic carbocycles. The smallest absolute Gasteiger partial charge is 0.325 e. The van der Waals surface area contributed by atoms with Crippen molar-refractivity contribution < 1.29 is 14.3 Å². The predicted octanol–water partition coefficient (Wildman–Crippen LogP) is 2.59. The lowest BCUT2D eigenvalue weighted by Crippen LogP contribution is -2.30. The monoisotopic (exact) mass is 343 g/mol. The number of benzene rings is 1. The van der Waals surface area contributed by atoms with Gasteiger partial charge in [0.2, 0.25) is 0 Å². The summed E-state index contributed by atoms with van der Waals surface area (Å²) >= 11 is 1.40. The molecule has 0 spiro atoms. The third-order valence-electron chi connectivity index (χ3n) is 3.61. The van der Waals surface area contributed by atoms with Crippen LogP contribution in [0.2, 0.25) is 0 Å². The fraction of sp³-hybridized carbons (Fsp3) is 0.235. The number of aryl methyl sites for hydroxylation is 1. The summed E-state index contributed by atoms with van der Waals surface area (Å²) in [5, 5.41) is 6.08. The number of hydrogen-bond donors (Lipinski definition) is 1. The Hall–Kier alpha value is -2.67. The maximum atomic E-state index is 12.1. The molecule has 0 saturated carbocycles. The van der Waals surface area contributed by atoms with Crippen molar-refractivity contribution >= 4 is 34.1 Å². The number of fused-ring (bicyclic) bond motifs is 1. The van der Waals surface area contributed by atoms with Gasteiger partial charge in [-0.25, -0.2) is 4.98 Å². The molecule has 0 atom stereocenters. The molecule has 3 aromatic rings. The minimum Gasteiger partial charge on any atom is -0.465 e. The van der Waals surface area contributed by atoms with Crippen LogP contribution in [0.25, 0.3) is 21.6 Å². The molecule has 1 amide bonds. The van der Waals surface area contributed by atoms with Gasteiger partial charge in [0.1, 0.15) is 17.2 Å². The highest BCUT2D eigenvalue weighted by molar-refractivity contribution is 7.13. The molecule has 0 aliphatic heterocycles. The molecule has 2 aromatic heterocycles. The molecule has 2 heterocycles. The second kappa shape index (κ2) is 6.84. The van der Waals surface area contributed by atoms with Crippen LogP contribution in [-0.4, -0.2) is 34.6 Å². The quantitative estimate of drug-likeness (QED) is 0.723. The number of esters is 1. The Kier molecular flexibility index (Phi) is 4.61. The number of hydrogen-bond acceptors (Lipinski definition) is 5. The van der Waals surface area contributed by atoms with Gasteiger partial charge in [0.25, 0.3) is 5.91 Å². The van der Waals surface area contributed by atoms with Crippen molar-refractivity contribution in [3.63, 3.8) is 0 Å². The van der Waals surface area contributed by atoms with Crippen molar-refractivity contribution in [1.29, 1.82) is 0 Å². The first-order valence-electron chi connectivity index (χ1n) is 7.54. The molecule has 1 N–H and O–H groups in total. The first-order valence-corrected chi connectivity index (χ1v) is 8.42. The highest BCUT2D eigenvalue weighted by atomic mass is 32.1. The number of ether oxygens (including phenoxy) is 1. The molecule has 0 radical (unpaired) electrons. The Morgan fingerprint density at radius 1 is 1.33 bits per heavy atom. The number of thiazole rings is 1. The Balaban J connectivity index is 1.78. The van der Waals surface area contributed by atoms with Gasteiger partial charge in [0.15, 0.2) is 0 Å². The number of para-hydroxylation sites is 1. The number of carbonyl (C=O) groups excluding carboxylic acids is 2. The van der Waals surface area contributed by atoms with Crippen LogP contribution in [0.3, 0.4) is 0 Å². The number of aromatic nitrogens is 2. The van der Waals surface area contributed by atoms with Gasteiger partial charge in [-0.15, -0.1) is 11.3 Å². The highest BCUT2D eigenvalue weighted by Gasteiger charge is 2.15. The number of nitrogens with zero attached hydrogens (tertiary/aromatic N) is 2. The molecule has 0 aliphatic rings. The van der Waals surface area contributed by atoms with Gasteiger partial charge in [-0.3, -0.25) is 9.59 Å². The highest BCUT2D eigenvalue weighted by Crippen LogP contribution is 2.29. The van der Waals surface area contributed by atoms with Crippen molar-refractivity contribution in [3.8, 4) is 10.7 Å². The molecular weight excluding hydrogens is 326 g/mol. The van der Waals surface area contributed by atoms with E-state index in [2.05, 4.69) is 20.9 Å². The molecule has 0 unspecified atom stereocenters. The summed E-state index contributed by atoms with van der Waals surface area (Å²) in [4.78, 5) is 27.8. The van der Waals surface area contributed by atoms with E-state index in [1.807, 2.05) is 31.3 Å². The summed E-state index contributed by atoms with van der Waals surface area (Å²) < 4.78 is 6.83. The van der Waals surface area contributed by atoms with Crippen molar-refractivity contribution in [1.82, 2.24) is 14.9 Å². The largest absolute Gasteiger partial charge is 0.465 e. The van der Waals surface area contributed by atoms with E-state index in [1.165, 1.54) is 11.3 Å². The number of amides is 1. The molecule has 7 heteroatoms. The average Bonchev–Trinajstić information content (AvgIpc) is 3.18. The van der Waals surface area contributed by atoms with Crippen LogP contribution in [0, 0.1) is 0 Å². The van der Waals surface area contributed by atoms with Crippen molar-refractivity contribution in [2.24, 2.45) is 7.05 Å². The van der Waals surface area contributed by atoms with E-state index >= 15 is 0 Å². The summed E-state index contributed by atoms with van der Waals surface area (Å²) in [7, 11) is 1.97. The second-order valence-corrected chi connectivity index (χ2v) is 6.03. The van der Waals surface area contributed by atoms with E-state index < -0.39 is 5.97 Å². The maximum absolute atomic E-state index is 12.1. The summed E-state index contributed by atoms with van der Waals surface area (Å²) in [6.07, 6.45) is 0. The fourth-order valence-electron chi connectivity index (χ4n) is 2.44. The van der Waals surface area contributed by atoms with Crippen LogP contribution < -0.4 is 5.32 Å². The van der Waals surface area contributed by atoms with E-state index in [9.17, 15) is 9.59 Å². The summed E-state index contributed by atoms with van der Waals surface area (Å²) in [6.45, 7) is 1.85. The second-order valence-electron chi connectivity index (χ2n) is 5.17. The Morgan fingerprint density at radius 2 is 2.12 bits per heavy atom. The van der Waals surface area contributed by atoms with Crippen LogP contribution in [-0.2, 0) is 16.6 Å². The fourth-order valence-corrected chi connectivity index (χ4v) is 3.30. The van der Waals surface area contributed by atoms with Crippen LogP contribution in [0.5, 0.6) is 0 Å². The van der Waals surface area contributed by atoms with Crippen LogP contribution >= 0.6 is 11.3 Å². The molecule has 0 bridgehead atoms. The van der Waals surface area contributed by atoms with E-state index in [0.717, 1.165) is 21.6 Å². The summed E-state index contributed by atoms with van der Waals surface area (Å²) in [6, 6.07) is 10.1. The zero-order valence-corrected chi connectivity index (χ0v) is 14.2. The minimum absolute atomic E-state index is 0.159. The SMILES string of the molecule is CCOC(=O)CNC(=O)c1csc(-c2cc3ccccc3n2C)n1. The topological polar surface area (TPSA) is 73.2 Å². The van der Waals surface area contributed by atoms with Gasteiger partial charge in [-0.05, 0) is 19.1 Å². The molecule has 124 valence electrons. The lowest BCUT2D eigenvalue weighted by Gasteiger charge is -2.03. The lowest BCUT2D eigenvalue weighted by atomic mass is 10.2. The first kappa shape index (κ1) is 16.2. The number of nitrogens with one attached hydrogen (secondary N) is 1. The zero-order chi connectivity index (χ0) is 17.1. The Bertz CT molecular complexity index is 898. The predicted molar refractivity (Wildman–Crippen MR) is 93.0 cm³/mol. The Morgan fingerprint density at radius 3 is 2.88 bits per heavy atom. The van der Waals surface area contributed by atoms with Gasteiger partial charge in [-0.2, -0.15) is 0 Å². The minimum atomic E-state index is -0.463.